The molecule has 2 aliphatic rings. The highest BCUT2D eigenvalue weighted by molar-refractivity contribution is 6.67. The number of ether oxygens (including phenoxy) is 4. The molecule has 1 heterocycles. The molecule has 0 amide bonds. The van der Waals surface area contributed by atoms with Crippen molar-refractivity contribution in [2.45, 2.75) is 29.5 Å². The number of halogens is 3. The topological polar surface area (TPSA) is 88.1 Å². The van der Waals surface area contributed by atoms with Crippen LogP contribution in [0.4, 0.5) is 0 Å². The lowest BCUT2D eigenvalue weighted by molar-refractivity contribution is -0.189. The summed E-state index contributed by atoms with van der Waals surface area (Å²) in [6.07, 6.45) is -1.53. The van der Waals surface area contributed by atoms with E-state index in [1.54, 1.807) is 38.1 Å². The van der Waals surface area contributed by atoms with Crippen LogP contribution in [0.1, 0.15) is 29.8 Å². The van der Waals surface area contributed by atoms with E-state index in [9.17, 15) is 14.4 Å². The minimum absolute atomic E-state index is 0.0384. The Morgan fingerprint density at radius 1 is 1.10 bits per heavy atom. The van der Waals surface area contributed by atoms with Gasteiger partial charge in [-0.05, 0) is 19.4 Å². The van der Waals surface area contributed by atoms with Gasteiger partial charge in [-0.3, -0.25) is 4.79 Å². The number of hydrogen-bond donors (Lipinski definition) is 0. The Labute approximate surface area is 181 Å². The standard InChI is InChI=1S/C19H17Cl3O7/c1-3-26-16(24)12-13-10-7-5-6-8-11(10)15(23)19(13,28-9-18(20,21)22)29-14(12)17(25)27-4-2/h5-8,14H,3-4,9H2,1-2H3/t14-,19+/m0/s1. The normalized spacial score (nSPS) is 23.1. The number of ketones is 1. The van der Waals surface area contributed by atoms with Gasteiger partial charge in [0, 0.05) is 11.1 Å². The Bertz CT molecular complexity index is 890. The molecule has 2 atom stereocenters. The number of alkyl halides is 3. The second kappa shape index (κ2) is 8.24. The quantitative estimate of drug-likeness (QED) is 0.473. The molecular weight excluding hydrogens is 447 g/mol. The Morgan fingerprint density at radius 3 is 2.31 bits per heavy atom. The second-order valence-corrected chi connectivity index (χ2v) is 8.67. The van der Waals surface area contributed by atoms with Crippen molar-refractivity contribution in [1.29, 1.82) is 0 Å². The average Bonchev–Trinajstić information content (AvgIpc) is 3.12. The number of benzene rings is 1. The maximum atomic E-state index is 13.3. The van der Waals surface area contributed by atoms with E-state index < -0.39 is 40.0 Å². The molecule has 1 aromatic carbocycles. The molecule has 0 saturated carbocycles. The largest absolute Gasteiger partial charge is 0.464 e. The maximum Gasteiger partial charge on any atom is 0.340 e. The average molecular weight is 464 g/mol. The fourth-order valence-electron chi connectivity index (χ4n) is 3.32. The Hall–Kier alpha value is -1.64. The minimum Gasteiger partial charge on any atom is -0.464 e. The number of carbonyl (C=O) groups is 3. The molecule has 7 nitrogen and oxygen atoms in total. The summed E-state index contributed by atoms with van der Waals surface area (Å²) < 4.78 is 19.7. The molecule has 0 spiro atoms. The summed E-state index contributed by atoms with van der Waals surface area (Å²) in [5.41, 5.74) is 0.504. The van der Waals surface area contributed by atoms with Gasteiger partial charge in [-0.1, -0.05) is 59.1 Å². The molecule has 0 saturated heterocycles. The molecule has 1 aliphatic carbocycles. The lowest BCUT2D eigenvalue weighted by atomic mass is 9.98. The highest BCUT2D eigenvalue weighted by Crippen LogP contribution is 2.52. The molecule has 29 heavy (non-hydrogen) atoms. The van der Waals surface area contributed by atoms with Crippen molar-refractivity contribution in [2.75, 3.05) is 19.8 Å². The van der Waals surface area contributed by atoms with Crippen molar-refractivity contribution >= 4 is 58.1 Å². The third-order valence-electron chi connectivity index (χ3n) is 4.32. The second-order valence-electron chi connectivity index (χ2n) is 6.15. The molecular formula is C19H17Cl3O7. The van der Waals surface area contributed by atoms with Gasteiger partial charge >= 0.3 is 11.9 Å². The number of rotatable bonds is 6. The van der Waals surface area contributed by atoms with Crippen molar-refractivity contribution in [2.24, 2.45) is 0 Å². The zero-order chi connectivity index (χ0) is 21.4. The fraction of sp³-hybridized carbons (Fsp3) is 0.421. The number of esters is 2. The van der Waals surface area contributed by atoms with Gasteiger partial charge < -0.3 is 18.9 Å². The van der Waals surface area contributed by atoms with Crippen LogP contribution in [0.25, 0.3) is 5.57 Å². The Kier molecular flexibility index (Phi) is 6.27. The summed E-state index contributed by atoms with van der Waals surface area (Å²) >= 11 is 17.4. The molecule has 0 N–H and O–H groups in total. The molecule has 0 bridgehead atoms. The van der Waals surface area contributed by atoms with Crippen LogP contribution >= 0.6 is 34.8 Å². The van der Waals surface area contributed by atoms with Crippen LogP contribution in [0.15, 0.2) is 29.8 Å². The fourth-order valence-corrected chi connectivity index (χ4v) is 3.48. The number of hydrogen-bond acceptors (Lipinski definition) is 7. The monoisotopic (exact) mass is 462 g/mol. The lowest BCUT2D eigenvalue weighted by Crippen LogP contribution is -2.44. The van der Waals surface area contributed by atoms with E-state index in [0.717, 1.165) is 0 Å². The van der Waals surface area contributed by atoms with Crippen LogP contribution in [0.2, 0.25) is 0 Å². The van der Waals surface area contributed by atoms with E-state index in [4.69, 9.17) is 53.8 Å². The molecule has 0 unspecified atom stereocenters. The predicted octanol–water partition coefficient (Wildman–Crippen LogP) is 3.24. The molecule has 0 fully saturated rings. The smallest absolute Gasteiger partial charge is 0.340 e. The van der Waals surface area contributed by atoms with E-state index in [0.29, 0.717) is 5.56 Å². The van der Waals surface area contributed by atoms with E-state index in [2.05, 4.69) is 0 Å². The zero-order valence-electron chi connectivity index (χ0n) is 15.5. The maximum absolute atomic E-state index is 13.3. The Balaban J connectivity index is 2.22. The molecule has 1 aliphatic heterocycles. The predicted molar refractivity (Wildman–Crippen MR) is 105 cm³/mol. The van der Waals surface area contributed by atoms with Crippen molar-refractivity contribution in [3.63, 3.8) is 0 Å². The van der Waals surface area contributed by atoms with E-state index in [-0.39, 0.29) is 29.9 Å². The van der Waals surface area contributed by atoms with Gasteiger partial charge in [0.15, 0.2) is 6.10 Å². The highest BCUT2D eigenvalue weighted by atomic mass is 35.6. The van der Waals surface area contributed by atoms with Crippen LogP contribution in [0.3, 0.4) is 0 Å². The van der Waals surface area contributed by atoms with E-state index in [1.165, 1.54) is 0 Å². The number of fused-ring (bicyclic) bond motifs is 3. The van der Waals surface area contributed by atoms with Crippen LogP contribution in [0, 0.1) is 0 Å². The van der Waals surface area contributed by atoms with Crippen LogP contribution in [-0.2, 0) is 28.5 Å². The third-order valence-corrected chi connectivity index (χ3v) is 4.65. The van der Waals surface area contributed by atoms with Gasteiger partial charge in [-0.15, -0.1) is 0 Å². The van der Waals surface area contributed by atoms with Crippen molar-refractivity contribution in [3.05, 3.63) is 41.0 Å². The summed E-state index contributed by atoms with van der Waals surface area (Å²) in [6.45, 7) is 2.76. The van der Waals surface area contributed by atoms with Crippen LogP contribution in [-0.4, -0.2) is 53.2 Å². The van der Waals surface area contributed by atoms with Crippen LogP contribution in [0.5, 0.6) is 0 Å². The SMILES string of the molecule is CCOC(=O)C1=C2c3ccccc3C(=O)[C@]2(OCC(Cl)(Cl)Cl)O[C@@H]1C(=O)OCC. The van der Waals surface area contributed by atoms with Gasteiger partial charge in [0.2, 0.25) is 9.58 Å². The first-order valence-corrected chi connectivity index (χ1v) is 9.90. The van der Waals surface area contributed by atoms with E-state index >= 15 is 0 Å². The first-order valence-electron chi connectivity index (χ1n) is 8.77. The van der Waals surface area contributed by atoms with Crippen LogP contribution < -0.4 is 0 Å². The van der Waals surface area contributed by atoms with Gasteiger partial charge in [-0.25, -0.2) is 9.59 Å². The van der Waals surface area contributed by atoms with E-state index in [1.807, 2.05) is 0 Å². The van der Waals surface area contributed by atoms with Gasteiger partial charge in [0.25, 0.3) is 5.79 Å². The molecule has 0 radical (unpaired) electrons. The van der Waals surface area contributed by atoms with Crippen molar-refractivity contribution in [3.8, 4) is 0 Å². The molecule has 3 rings (SSSR count). The first kappa shape index (κ1) is 22.1. The summed E-state index contributed by atoms with van der Waals surface area (Å²) in [4.78, 5) is 38.5. The summed E-state index contributed by atoms with van der Waals surface area (Å²) in [5.74, 6) is -4.44. The lowest BCUT2D eigenvalue weighted by Gasteiger charge is -2.27. The molecule has 156 valence electrons. The molecule has 1 aromatic rings. The number of carbonyl (C=O) groups excluding carboxylic acids is 3. The van der Waals surface area contributed by atoms with Crippen molar-refractivity contribution < 1.29 is 33.3 Å². The van der Waals surface area contributed by atoms with Gasteiger partial charge in [-0.2, -0.15) is 0 Å². The molecule has 10 heteroatoms. The zero-order valence-corrected chi connectivity index (χ0v) is 17.8. The van der Waals surface area contributed by atoms with Crippen molar-refractivity contribution in [1.82, 2.24) is 0 Å². The summed E-state index contributed by atoms with van der Waals surface area (Å²) in [6, 6.07) is 6.48. The third kappa shape index (κ3) is 3.90. The Morgan fingerprint density at radius 2 is 1.72 bits per heavy atom. The summed E-state index contributed by atoms with van der Waals surface area (Å²) in [7, 11) is 0. The van der Waals surface area contributed by atoms with Gasteiger partial charge in [0.05, 0.1) is 25.4 Å². The first-order chi connectivity index (χ1) is 13.7. The highest BCUT2D eigenvalue weighted by Gasteiger charge is 2.63. The van der Waals surface area contributed by atoms with Gasteiger partial charge in [0.1, 0.15) is 0 Å². The molecule has 0 aromatic heterocycles. The summed E-state index contributed by atoms with van der Waals surface area (Å²) in [5, 5.41) is 0. The number of Topliss-reactive ketones (excluding diaryl/α,β-unsaturated/α-hetero) is 1. The minimum atomic E-state index is -2.13.